The second-order valence-corrected chi connectivity index (χ2v) is 6.41. The third-order valence-corrected chi connectivity index (χ3v) is 4.09. The van der Waals surface area contributed by atoms with E-state index < -0.39 is 11.1 Å². The summed E-state index contributed by atoms with van der Waals surface area (Å²) in [4.78, 5) is 26.2. The van der Waals surface area contributed by atoms with Crippen LogP contribution in [0.2, 0.25) is 5.02 Å². The number of hydrogen-bond donors (Lipinski definition) is 2. The normalized spacial score (nSPS) is 13.5. The molecule has 0 fully saturated rings. The molecule has 2 N–H and O–H groups in total. The fourth-order valence-electron chi connectivity index (χ4n) is 2.45. The minimum atomic E-state index is -0.657. The van der Waals surface area contributed by atoms with Gasteiger partial charge in [0.25, 0.3) is 11.5 Å². The number of H-pyrrole nitrogens is 1. The number of amides is 1. The minimum Gasteiger partial charge on any atom is -0.486 e. The highest BCUT2D eigenvalue weighted by Crippen LogP contribution is 2.34. The maximum Gasteiger partial charge on any atom is 0.266 e. The van der Waals surface area contributed by atoms with Crippen molar-refractivity contribution < 1.29 is 14.3 Å². The lowest BCUT2D eigenvalue weighted by molar-refractivity contribution is 0.0911. The van der Waals surface area contributed by atoms with Crippen molar-refractivity contribution in [2.75, 3.05) is 13.2 Å². The fraction of sp³-hybridized carbons (Fsp3) is 0.294. The van der Waals surface area contributed by atoms with Gasteiger partial charge >= 0.3 is 0 Å². The number of aromatic nitrogens is 1. The van der Waals surface area contributed by atoms with Gasteiger partial charge in [0.1, 0.15) is 18.2 Å². The first kappa shape index (κ1) is 16.4. The standard InChI is InChI=1S/C17H17ClN2O4/c1-17(2,11-3-4-13-14(8-11)24-6-5-23-13)20-15(21)10-7-12(18)16(22)19-9-10/h3-4,7-9H,5-6H2,1-2H3,(H,19,22)(H,20,21). The van der Waals surface area contributed by atoms with Gasteiger partial charge in [-0.05, 0) is 37.6 Å². The van der Waals surface area contributed by atoms with Gasteiger partial charge in [0, 0.05) is 6.20 Å². The lowest BCUT2D eigenvalue weighted by Crippen LogP contribution is -2.41. The average Bonchev–Trinajstić information content (AvgIpc) is 2.56. The molecule has 0 radical (unpaired) electrons. The van der Waals surface area contributed by atoms with Gasteiger partial charge in [-0.2, -0.15) is 0 Å². The molecule has 2 aromatic rings. The van der Waals surface area contributed by atoms with Crippen LogP contribution in [0, 0.1) is 0 Å². The molecule has 2 heterocycles. The van der Waals surface area contributed by atoms with E-state index in [-0.39, 0.29) is 16.5 Å². The molecule has 0 atom stereocenters. The molecule has 0 unspecified atom stereocenters. The van der Waals surface area contributed by atoms with Crippen LogP contribution in [0.4, 0.5) is 0 Å². The second kappa shape index (κ2) is 6.20. The zero-order valence-corrected chi connectivity index (χ0v) is 14.1. The molecule has 1 aromatic carbocycles. The van der Waals surface area contributed by atoms with E-state index in [1.807, 2.05) is 32.0 Å². The van der Waals surface area contributed by atoms with Crippen molar-refractivity contribution in [3.63, 3.8) is 0 Å². The average molecular weight is 349 g/mol. The summed E-state index contributed by atoms with van der Waals surface area (Å²) in [5.41, 5.74) is 0.0652. The quantitative estimate of drug-likeness (QED) is 0.893. The van der Waals surface area contributed by atoms with Crippen LogP contribution in [0.15, 0.2) is 35.3 Å². The van der Waals surface area contributed by atoms with Gasteiger partial charge in [-0.3, -0.25) is 9.59 Å². The first-order valence-corrected chi connectivity index (χ1v) is 7.85. The first-order chi connectivity index (χ1) is 11.4. The largest absolute Gasteiger partial charge is 0.486 e. The Labute approximate surface area is 143 Å². The lowest BCUT2D eigenvalue weighted by atomic mass is 9.93. The van der Waals surface area contributed by atoms with Crippen molar-refractivity contribution in [1.82, 2.24) is 10.3 Å². The van der Waals surface area contributed by atoms with E-state index in [1.54, 1.807) is 0 Å². The number of fused-ring (bicyclic) bond motifs is 1. The molecule has 7 heteroatoms. The molecule has 1 aromatic heterocycles. The Bertz CT molecular complexity index is 845. The fourth-order valence-corrected chi connectivity index (χ4v) is 2.62. The number of benzene rings is 1. The summed E-state index contributed by atoms with van der Waals surface area (Å²) >= 11 is 5.77. The molecular weight excluding hydrogens is 332 g/mol. The number of carbonyl (C=O) groups is 1. The molecule has 126 valence electrons. The predicted octanol–water partition coefficient (Wildman–Crippen LogP) is 2.46. The van der Waals surface area contributed by atoms with Crippen LogP contribution in [0.25, 0.3) is 0 Å². The number of aromatic amines is 1. The molecule has 6 nitrogen and oxygen atoms in total. The van der Waals surface area contributed by atoms with Crippen LogP contribution in [-0.2, 0) is 5.54 Å². The Morgan fingerprint density at radius 2 is 1.92 bits per heavy atom. The Morgan fingerprint density at radius 3 is 2.62 bits per heavy atom. The van der Waals surface area contributed by atoms with Crippen LogP contribution in [0.3, 0.4) is 0 Å². The van der Waals surface area contributed by atoms with Gasteiger partial charge in [0.2, 0.25) is 0 Å². The lowest BCUT2D eigenvalue weighted by Gasteiger charge is -2.28. The van der Waals surface area contributed by atoms with Gasteiger partial charge in [-0.25, -0.2) is 0 Å². The highest BCUT2D eigenvalue weighted by Gasteiger charge is 2.26. The molecular formula is C17H17ClN2O4. The molecule has 0 saturated carbocycles. The highest BCUT2D eigenvalue weighted by atomic mass is 35.5. The molecule has 0 spiro atoms. The van der Waals surface area contributed by atoms with Crippen LogP contribution in [-0.4, -0.2) is 24.1 Å². The zero-order chi connectivity index (χ0) is 17.3. The molecule has 0 aliphatic carbocycles. The van der Waals surface area contributed by atoms with E-state index >= 15 is 0 Å². The van der Waals surface area contributed by atoms with Gasteiger partial charge in [0.05, 0.1) is 11.1 Å². The van der Waals surface area contributed by atoms with Crippen molar-refractivity contribution in [2.24, 2.45) is 0 Å². The summed E-state index contributed by atoms with van der Waals surface area (Å²) < 4.78 is 11.1. The third-order valence-electron chi connectivity index (χ3n) is 3.81. The van der Waals surface area contributed by atoms with Gasteiger partial charge in [-0.15, -0.1) is 0 Å². The Hall–Kier alpha value is -2.47. The number of hydrogen-bond acceptors (Lipinski definition) is 4. The number of halogens is 1. The van der Waals surface area contributed by atoms with Crippen molar-refractivity contribution in [3.8, 4) is 11.5 Å². The van der Waals surface area contributed by atoms with Crippen molar-refractivity contribution in [1.29, 1.82) is 0 Å². The Morgan fingerprint density at radius 1 is 1.21 bits per heavy atom. The topological polar surface area (TPSA) is 80.4 Å². The Kier molecular flexibility index (Phi) is 4.24. The second-order valence-electron chi connectivity index (χ2n) is 6.00. The van der Waals surface area contributed by atoms with E-state index in [2.05, 4.69) is 10.3 Å². The van der Waals surface area contributed by atoms with Gasteiger partial charge < -0.3 is 19.8 Å². The van der Waals surface area contributed by atoms with Crippen LogP contribution < -0.4 is 20.3 Å². The van der Waals surface area contributed by atoms with Gasteiger partial charge in [-0.1, -0.05) is 17.7 Å². The summed E-state index contributed by atoms with van der Waals surface area (Å²) in [6.07, 6.45) is 1.34. The summed E-state index contributed by atoms with van der Waals surface area (Å²) in [5.74, 6) is 1.01. The van der Waals surface area contributed by atoms with Crippen LogP contribution in [0.1, 0.15) is 29.8 Å². The highest BCUT2D eigenvalue weighted by molar-refractivity contribution is 6.30. The zero-order valence-electron chi connectivity index (χ0n) is 13.3. The van der Waals surface area contributed by atoms with Crippen LogP contribution >= 0.6 is 11.6 Å². The van der Waals surface area contributed by atoms with Gasteiger partial charge in [0.15, 0.2) is 11.5 Å². The maximum atomic E-state index is 12.4. The summed E-state index contributed by atoms with van der Waals surface area (Å²) in [6.45, 7) is 4.78. The van der Waals surface area contributed by atoms with Crippen molar-refractivity contribution >= 4 is 17.5 Å². The monoisotopic (exact) mass is 348 g/mol. The van der Waals surface area contributed by atoms with Crippen molar-refractivity contribution in [2.45, 2.75) is 19.4 Å². The number of pyridine rings is 1. The number of nitrogens with one attached hydrogen (secondary N) is 2. The predicted molar refractivity (Wildman–Crippen MR) is 90.0 cm³/mol. The summed E-state index contributed by atoms with van der Waals surface area (Å²) in [5, 5.41) is 2.90. The summed E-state index contributed by atoms with van der Waals surface area (Å²) in [6, 6.07) is 6.91. The van der Waals surface area contributed by atoms with Crippen LogP contribution in [0.5, 0.6) is 11.5 Å². The maximum absolute atomic E-state index is 12.4. The van der Waals surface area contributed by atoms with E-state index in [9.17, 15) is 9.59 Å². The number of ether oxygens (including phenoxy) is 2. The molecule has 0 bridgehead atoms. The number of rotatable bonds is 3. The molecule has 24 heavy (non-hydrogen) atoms. The minimum absolute atomic E-state index is 0.0280. The van der Waals surface area contributed by atoms with E-state index in [0.29, 0.717) is 24.7 Å². The van der Waals surface area contributed by atoms with Crippen molar-refractivity contribution in [3.05, 3.63) is 57.0 Å². The SMILES string of the molecule is CC(C)(NC(=O)c1c[nH]c(=O)c(Cl)c1)c1ccc2c(c1)OCCO2. The Balaban J connectivity index is 1.83. The molecule has 1 aliphatic heterocycles. The number of carbonyl (C=O) groups excluding carboxylic acids is 1. The van der Waals surface area contributed by atoms with E-state index in [0.717, 1.165) is 5.56 Å². The van der Waals surface area contributed by atoms with E-state index in [1.165, 1.54) is 12.3 Å². The molecule has 3 rings (SSSR count). The summed E-state index contributed by atoms with van der Waals surface area (Å²) in [7, 11) is 0. The molecule has 0 saturated heterocycles. The smallest absolute Gasteiger partial charge is 0.266 e. The van der Waals surface area contributed by atoms with E-state index in [4.69, 9.17) is 21.1 Å². The molecule has 1 amide bonds. The third kappa shape index (κ3) is 3.23. The first-order valence-electron chi connectivity index (χ1n) is 7.48. The molecule has 1 aliphatic rings.